The van der Waals surface area contributed by atoms with Crippen molar-refractivity contribution < 1.29 is 14.8 Å². The predicted octanol–water partition coefficient (Wildman–Crippen LogP) is 2.15. The molecular formula is C11H15N3O4. The van der Waals surface area contributed by atoms with Gasteiger partial charge in [0.05, 0.1) is 4.92 Å². The Morgan fingerprint density at radius 1 is 1.67 bits per heavy atom. The largest absolute Gasteiger partial charge is 0.477 e. The van der Waals surface area contributed by atoms with Crippen LogP contribution in [0.5, 0.6) is 0 Å². The molecule has 0 radical (unpaired) electrons. The number of nitrogens with one attached hydrogen (secondary N) is 1. The summed E-state index contributed by atoms with van der Waals surface area (Å²) in [4.78, 5) is 24.6. The number of aromatic nitrogens is 1. The van der Waals surface area contributed by atoms with E-state index in [0.29, 0.717) is 18.3 Å². The number of hydrogen-bond donors (Lipinski definition) is 2. The van der Waals surface area contributed by atoms with E-state index in [-0.39, 0.29) is 5.56 Å². The third-order valence-corrected chi connectivity index (χ3v) is 2.64. The number of carboxylic acid groups (broad SMARTS) is 1. The van der Waals surface area contributed by atoms with Gasteiger partial charge in [0.2, 0.25) is 0 Å². The van der Waals surface area contributed by atoms with Crippen LogP contribution in [0.1, 0.15) is 30.6 Å². The van der Waals surface area contributed by atoms with Crippen molar-refractivity contribution in [3.63, 3.8) is 0 Å². The van der Waals surface area contributed by atoms with Crippen molar-refractivity contribution in [1.29, 1.82) is 0 Å². The zero-order valence-corrected chi connectivity index (χ0v) is 10.2. The summed E-state index contributed by atoms with van der Waals surface area (Å²) in [6, 6.07) is 1.18. The van der Waals surface area contributed by atoms with Crippen LogP contribution < -0.4 is 5.32 Å². The van der Waals surface area contributed by atoms with E-state index in [2.05, 4.69) is 10.3 Å². The van der Waals surface area contributed by atoms with Crippen LogP contribution in [0.15, 0.2) is 12.3 Å². The number of nitro groups is 1. The Kier molecular flexibility index (Phi) is 4.59. The number of aromatic carboxylic acids is 1. The molecule has 0 aliphatic rings. The van der Waals surface area contributed by atoms with Crippen LogP contribution in [-0.2, 0) is 0 Å². The van der Waals surface area contributed by atoms with Crippen LogP contribution in [0.4, 0.5) is 11.5 Å². The monoisotopic (exact) mass is 253 g/mol. The van der Waals surface area contributed by atoms with Crippen LogP contribution in [0.2, 0.25) is 0 Å². The van der Waals surface area contributed by atoms with Gasteiger partial charge in [0.25, 0.3) is 0 Å². The Hall–Kier alpha value is -2.18. The van der Waals surface area contributed by atoms with Crippen molar-refractivity contribution in [2.24, 2.45) is 5.92 Å². The molecule has 0 saturated carbocycles. The number of pyridine rings is 1. The van der Waals surface area contributed by atoms with Crippen LogP contribution in [-0.4, -0.2) is 27.5 Å². The average molecular weight is 253 g/mol. The lowest BCUT2D eigenvalue weighted by molar-refractivity contribution is -0.385. The van der Waals surface area contributed by atoms with Gasteiger partial charge in [0.1, 0.15) is 17.6 Å². The van der Waals surface area contributed by atoms with E-state index in [1.165, 1.54) is 6.07 Å². The highest BCUT2D eigenvalue weighted by atomic mass is 16.6. The number of rotatable bonds is 6. The van der Waals surface area contributed by atoms with Crippen molar-refractivity contribution in [3.8, 4) is 0 Å². The molecule has 0 spiro atoms. The Morgan fingerprint density at radius 2 is 2.33 bits per heavy atom. The molecule has 1 aromatic heterocycles. The van der Waals surface area contributed by atoms with E-state index in [1.807, 2.05) is 13.8 Å². The number of nitrogens with zero attached hydrogens (tertiary/aromatic N) is 2. The van der Waals surface area contributed by atoms with Gasteiger partial charge in [-0.15, -0.1) is 0 Å². The maximum atomic E-state index is 10.9. The Labute approximate surface area is 104 Å². The van der Waals surface area contributed by atoms with Crippen LogP contribution >= 0.6 is 0 Å². The van der Waals surface area contributed by atoms with E-state index in [4.69, 9.17) is 5.11 Å². The Bertz CT molecular complexity index is 462. The normalized spacial score (nSPS) is 11.9. The van der Waals surface area contributed by atoms with Gasteiger partial charge in [-0.1, -0.05) is 20.3 Å². The molecule has 2 N–H and O–H groups in total. The van der Waals surface area contributed by atoms with Gasteiger partial charge >= 0.3 is 11.7 Å². The molecule has 0 saturated heterocycles. The second-order valence-corrected chi connectivity index (χ2v) is 4.04. The summed E-state index contributed by atoms with van der Waals surface area (Å²) < 4.78 is 0. The van der Waals surface area contributed by atoms with Crippen molar-refractivity contribution >= 4 is 17.5 Å². The minimum Gasteiger partial charge on any atom is -0.477 e. The molecule has 0 aliphatic heterocycles. The summed E-state index contributed by atoms with van der Waals surface area (Å²) in [5.41, 5.74) is -0.863. The molecule has 98 valence electrons. The maximum absolute atomic E-state index is 10.9. The first-order chi connectivity index (χ1) is 8.45. The fourth-order valence-electron chi connectivity index (χ4n) is 1.28. The smallest absolute Gasteiger partial charge is 0.342 e. The fraction of sp³-hybridized carbons (Fsp3) is 0.455. The molecule has 0 aromatic carbocycles. The minimum atomic E-state index is -1.34. The number of hydrogen-bond acceptors (Lipinski definition) is 5. The van der Waals surface area contributed by atoms with Gasteiger partial charge in [0.15, 0.2) is 0 Å². The van der Waals surface area contributed by atoms with Crippen molar-refractivity contribution in [2.75, 3.05) is 11.9 Å². The van der Waals surface area contributed by atoms with Gasteiger partial charge in [-0.05, 0) is 5.92 Å². The third kappa shape index (κ3) is 3.41. The van der Waals surface area contributed by atoms with Crippen molar-refractivity contribution in [3.05, 3.63) is 27.9 Å². The first kappa shape index (κ1) is 13.9. The molecule has 7 nitrogen and oxygen atoms in total. The second kappa shape index (κ2) is 5.95. The summed E-state index contributed by atoms with van der Waals surface area (Å²) in [5, 5.41) is 22.5. The summed E-state index contributed by atoms with van der Waals surface area (Å²) in [6.45, 7) is 4.72. The first-order valence-corrected chi connectivity index (χ1v) is 5.57. The zero-order chi connectivity index (χ0) is 13.7. The number of carboxylic acids is 1. The topological polar surface area (TPSA) is 105 Å². The third-order valence-electron chi connectivity index (χ3n) is 2.64. The van der Waals surface area contributed by atoms with Gasteiger partial charge in [-0.25, -0.2) is 9.78 Å². The lowest BCUT2D eigenvalue weighted by Crippen LogP contribution is -2.12. The molecule has 7 heteroatoms. The summed E-state index contributed by atoms with van der Waals surface area (Å²) in [6.07, 6.45) is 1.94. The summed E-state index contributed by atoms with van der Waals surface area (Å²) in [7, 11) is 0. The highest BCUT2D eigenvalue weighted by molar-refractivity contribution is 5.93. The van der Waals surface area contributed by atoms with E-state index in [1.54, 1.807) is 0 Å². The lowest BCUT2D eigenvalue weighted by atomic mass is 10.1. The predicted molar refractivity (Wildman–Crippen MR) is 65.8 cm³/mol. The standard InChI is InChI=1S/C11H15N3O4/c1-3-7(2)5-12-10-4-8(11(15)16)9(6-13-10)14(17)18/h4,6-7H,3,5H2,1-2H3,(H,12,13)(H,15,16). The highest BCUT2D eigenvalue weighted by Gasteiger charge is 2.20. The molecule has 0 fully saturated rings. The quantitative estimate of drug-likeness (QED) is 0.594. The van der Waals surface area contributed by atoms with Crippen LogP contribution in [0, 0.1) is 16.0 Å². The van der Waals surface area contributed by atoms with E-state index < -0.39 is 16.6 Å². The van der Waals surface area contributed by atoms with E-state index in [9.17, 15) is 14.9 Å². The second-order valence-electron chi connectivity index (χ2n) is 4.04. The molecular weight excluding hydrogens is 238 g/mol. The molecule has 1 aromatic rings. The van der Waals surface area contributed by atoms with Crippen LogP contribution in [0.25, 0.3) is 0 Å². The van der Waals surface area contributed by atoms with Gasteiger partial charge < -0.3 is 10.4 Å². The van der Waals surface area contributed by atoms with E-state index in [0.717, 1.165) is 12.6 Å². The lowest BCUT2D eigenvalue weighted by Gasteiger charge is -2.10. The Morgan fingerprint density at radius 3 is 2.83 bits per heavy atom. The highest BCUT2D eigenvalue weighted by Crippen LogP contribution is 2.20. The first-order valence-electron chi connectivity index (χ1n) is 5.57. The molecule has 1 unspecified atom stereocenters. The molecule has 0 bridgehead atoms. The zero-order valence-electron chi connectivity index (χ0n) is 10.2. The Balaban J connectivity index is 2.93. The van der Waals surface area contributed by atoms with E-state index >= 15 is 0 Å². The van der Waals surface area contributed by atoms with Crippen molar-refractivity contribution in [2.45, 2.75) is 20.3 Å². The molecule has 1 rings (SSSR count). The molecule has 1 heterocycles. The van der Waals surface area contributed by atoms with Crippen LogP contribution in [0.3, 0.4) is 0 Å². The molecule has 1 atom stereocenters. The number of carbonyl (C=O) groups is 1. The fourth-order valence-corrected chi connectivity index (χ4v) is 1.28. The van der Waals surface area contributed by atoms with Gasteiger partial charge in [-0.3, -0.25) is 10.1 Å². The molecule has 0 amide bonds. The van der Waals surface area contributed by atoms with Gasteiger partial charge in [0, 0.05) is 12.6 Å². The molecule has 18 heavy (non-hydrogen) atoms. The minimum absolute atomic E-state index is 0.332. The molecule has 0 aliphatic carbocycles. The summed E-state index contributed by atoms with van der Waals surface area (Å²) >= 11 is 0. The maximum Gasteiger partial charge on any atom is 0.342 e. The SMILES string of the molecule is CCC(C)CNc1cc(C(=O)O)c([N+](=O)[O-])cn1. The number of anilines is 1. The van der Waals surface area contributed by atoms with Crippen molar-refractivity contribution in [1.82, 2.24) is 4.98 Å². The summed E-state index contributed by atoms with van der Waals surface area (Å²) in [5.74, 6) is -0.593. The average Bonchev–Trinajstić information content (AvgIpc) is 2.35. The van der Waals surface area contributed by atoms with Gasteiger partial charge in [-0.2, -0.15) is 0 Å².